The van der Waals surface area contributed by atoms with E-state index in [2.05, 4.69) is 11.8 Å². The van der Waals surface area contributed by atoms with Crippen molar-refractivity contribution in [3.63, 3.8) is 0 Å². The van der Waals surface area contributed by atoms with Crippen molar-refractivity contribution in [2.24, 2.45) is 5.92 Å². The maximum atomic E-state index is 12.3. The molecule has 1 aromatic carbocycles. The molecule has 0 aliphatic carbocycles. The van der Waals surface area contributed by atoms with E-state index in [9.17, 15) is 9.90 Å². The van der Waals surface area contributed by atoms with Crippen LogP contribution in [0.25, 0.3) is 0 Å². The Morgan fingerprint density at radius 3 is 2.95 bits per heavy atom. The highest BCUT2D eigenvalue weighted by molar-refractivity contribution is 6.30. The standard InChI is InChI=1S/C16H23ClN2O2/c1-12-6-7-19(15(12)11-20)10-16(21)18(2)9-13-4-3-5-14(17)8-13/h3-5,8,12,15,20H,6-7,9-11H2,1-2H3. The summed E-state index contributed by atoms with van der Waals surface area (Å²) in [7, 11) is 1.80. The highest BCUT2D eigenvalue weighted by atomic mass is 35.5. The number of halogens is 1. The molecule has 1 aliphatic rings. The number of likely N-dealkylation sites (N-methyl/N-ethyl adjacent to an activating group) is 1. The first-order valence-corrected chi connectivity index (χ1v) is 7.72. The van der Waals surface area contributed by atoms with E-state index in [1.807, 2.05) is 24.3 Å². The van der Waals surface area contributed by atoms with Gasteiger partial charge in [0.2, 0.25) is 5.91 Å². The Hall–Kier alpha value is -1.10. The zero-order valence-corrected chi connectivity index (χ0v) is 13.4. The topological polar surface area (TPSA) is 43.8 Å². The number of hydrogen-bond donors (Lipinski definition) is 1. The summed E-state index contributed by atoms with van der Waals surface area (Å²) in [5.74, 6) is 0.517. The Balaban J connectivity index is 1.91. The molecule has 1 heterocycles. The summed E-state index contributed by atoms with van der Waals surface area (Å²) in [5.41, 5.74) is 1.02. The quantitative estimate of drug-likeness (QED) is 0.904. The Morgan fingerprint density at radius 1 is 1.52 bits per heavy atom. The van der Waals surface area contributed by atoms with E-state index in [4.69, 9.17) is 11.6 Å². The van der Waals surface area contributed by atoms with Gasteiger partial charge in [-0.2, -0.15) is 0 Å². The van der Waals surface area contributed by atoms with E-state index in [0.29, 0.717) is 24.0 Å². The van der Waals surface area contributed by atoms with Crippen molar-refractivity contribution in [3.05, 3.63) is 34.9 Å². The molecule has 5 heteroatoms. The number of nitrogens with zero attached hydrogens (tertiary/aromatic N) is 2. The highest BCUT2D eigenvalue weighted by Gasteiger charge is 2.32. The Bertz CT molecular complexity index is 495. The van der Waals surface area contributed by atoms with Crippen LogP contribution in [0.2, 0.25) is 5.02 Å². The maximum absolute atomic E-state index is 12.3. The molecule has 21 heavy (non-hydrogen) atoms. The first-order valence-electron chi connectivity index (χ1n) is 7.34. The van der Waals surface area contributed by atoms with E-state index in [1.54, 1.807) is 11.9 Å². The molecule has 1 aromatic rings. The lowest BCUT2D eigenvalue weighted by atomic mass is 10.0. The summed E-state index contributed by atoms with van der Waals surface area (Å²) in [5, 5.41) is 10.1. The summed E-state index contributed by atoms with van der Waals surface area (Å²) in [6, 6.07) is 7.65. The van der Waals surface area contributed by atoms with Gasteiger partial charge in [-0.1, -0.05) is 30.7 Å². The van der Waals surface area contributed by atoms with Gasteiger partial charge in [-0.3, -0.25) is 9.69 Å². The molecule has 0 spiro atoms. The second-order valence-corrected chi connectivity index (χ2v) is 6.30. The van der Waals surface area contributed by atoms with Crippen LogP contribution in [-0.4, -0.2) is 53.6 Å². The van der Waals surface area contributed by atoms with Crippen LogP contribution in [0.4, 0.5) is 0 Å². The van der Waals surface area contributed by atoms with Crippen molar-refractivity contribution in [3.8, 4) is 0 Å². The van der Waals surface area contributed by atoms with Crippen LogP contribution in [0.3, 0.4) is 0 Å². The summed E-state index contributed by atoms with van der Waals surface area (Å²) in [6.07, 6.45) is 1.04. The SMILES string of the molecule is CC1CCN(CC(=O)N(C)Cc2cccc(Cl)c2)C1CO. The van der Waals surface area contributed by atoms with Gasteiger partial charge in [0.25, 0.3) is 0 Å². The van der Waals surface area contributed by atoms with Crippen LogP contribution >= 0.6 is 11.6 Å². The van der Waals surface area contributed by atoms with Crippen LogP contribution < -0.4 is 0 Å². The lowest BCUT2D eigenvalue weighted by molar-refractivity contribution is -0.132. The molecule has 1 amide bonds. The Labute approximate surface area is 131 Å². The Morgan fingerprint density at radius 2 is 2.29 bits per heavy atom. The van der Waals surface area contributed by atoms with E-state index >= 15 is 0 Å². The number of rotatable bonds is 5. The summed E-state index contributed by atoms with van der Waals surface area (Å²) < 4.78 is 0. The molecule has 116 valence electrons. The fourth-order valence-corrected chi connectivity index (χ4v) is 3.08. The third-order valence-corrected chi connectivity index (χ3v) is 4.49. The van der Waals surface area contributed by atoms with Gasteiger partial charge in [-0.05, 0) is 36.6 Å². The van der Waals surface area contributed by atoms with Gasteiger partial charge < -0.3 is 10.0 Å². The van der Waals surface area contributed by atoms with E-state index in [0.717, 1.165) is 18.5 Å². The van der Waals surface area contributed by atoms with E-state index in [1.165, 1.54) is 0 Å². The largest absolute Gasteiger partial charge is 0.395 e. The summed E-state index contributed by atoms with van der Waals surface area (Å²) in [4.78, 5) is 16.1. The van der Waals surface area contributed by atoms with Crippen LogP contribution in [0.15, 0.2) is 24.3 Å². The molecule has 1 saturated heterocycles. The predicted molar refractivity (Wildman–Crippen MR) is 84.2 cm³/mol. The third kappa shape index (κ3) is 4.19. The second-order valence-electron chi connectivity index (χ2n) is 5.87. The smallest absolute Gasteiger partial charge is 0.236 e. The molecule has 1 N–H and O–H groups in total. The van der Waals surface area contributed by atoms with Gasteiger partial charge in [-0.15, -0.1) is 0 Å². The average molecular weight is 311 g/mol. The number of benzene rings is 1. The molecule has 2 unspecified atom stereocenters. The molecule has 0 aromatic heterocycles. The zero-order valence-electron chi connectivity index (χ0n) is 12.6. The number of hydrogen-bond acceptors (Lipinski definition) is 3. The lowest BCUT2D eigenvalue weighted by Gasteiger charge is -2.27. The maximum Gasteiger partial charge on any atom is 0.236 e. The molecule has 1 fully saturated rings. The minimum atomic E-state index is 0.0718. The van der Waals surface area contributed by atoms with Crippen molar-refractivity contribution >= 4 is 17.5 Å². The fraction of sp³-hybridized carbons (Fsp3) is 0.562. The number of likely N-dealkylation sites (tertiary alicyclic amines) is 1. The number of carbonyl (C=O) groups excluding carboxylic acids is 1. The molecular formula is C16H23ClN2O2. The second kappa shape index (κ2) is 7.25. The normalized spacial score (nSPS) is 22.5. The monoisotopic (exact) mass is 310 g/mol. The molecule has 4 nitrogen and oxygen atoms in total. The number of aliphatic hydroxyl groups excluding tert-OH is 1. The van der Waals surface area contributed by atoms with E-state index < -0.39 is 0 Å². The van der Waals surface area contributed by atoms with Crippen LogP contribution in [0.1, 0.15) is 18.9 Å². The number of carbonyl (C=O) groups is 1. The van der Waals surface area contributed by atoms with Crippen molar-refractivity contribution < 1.29 is 9.90 Å². The van der Waals surface area contributed by atoms with Gasteiger partial charge in [0.15, 0.2) is 0 Å². The molecule has 2 rings (SSSR count). The highest BCUT2D eigenvalue weighted by Crippen LogP contribution is 2.23. The van der Waals surface area contributed by atoms with Gasteiger partial charge in [-0.25, -0.2) is 0 Å². The van der Waals surface area contributed by atoms with Gasteiger partial charge >= 0.3 is 0 Å². The van der Waals surface area contributed by atoms with Crippen molar-refractivity contribution in [2.75, 3.05) is 26.7 Å². The van der Waals surface area contributed by atoms with Crippen LogP contribution in [-0.2, 0) is 11.3 Å². The predicted octanol–water partition coefficient (Wildman–Crippen LogP) is 2.00. The molecule has 2 atom stereocenters. The van der Waals surface area contributed by atoms with Gasteiger partial charge in [0.1, 0.15) is 0 Å². The Kier molecular flexibility index (Phi) is 5.62. The van der Waals surface area contributed by atoms with Crippen molar-refractivity contribution in [1.82, 2.24) is 9.80 Å². The van der Waals surface area contributed by atoms with Crippen molar-refractivity contribution in [1.29, 1.82) is 0 Å². The van der Waals surface area contributed by atoms with Crippen LogP contribution in [0.5, 0.6) is 0 Å². The third-order valence-electron chi connectivity index (χ3n) is 4.26. The fourth-order valence-electron chi connectivity index (χ4n) is 2.87. The average Bonchev–Trinajstić information content (AvgIpc) is 2.79. The first kappa shape index (κ1) is 16.3. The van der Waals surface area contributed by atoms with Gasteiger partial charge in [0, 0.05) is 24.7 Å². The number of amides is 1. The summed E-state index contributed by atoms with van der Waals surface area (Å²) >= 11 is 5.96. The molecule has 0 saturated carbocycles. The molecular weight excluding hydrogens is 288 g/mol. The minimum Gasteiger partial charge on any atom is -0.395 e. The zero-order chi connectivity index (χ0) is 15.4. The first-order chi connectivity index (χ1) is 10.0. The molecule has 1 aliphatic heterocycles. The minimum absolute atomic E-state index is 0.0718. The van der Waals surface area contributed by atoms with Crippen molar-refractivity contribution in [2.45, 2.75) is 25.9 Å². The molecule has 0 bridgehead atoms. The molecule has 0 radical (unpaired) electrons. The van der Waals surface area contributed by atoms with Crippen LogP contribution in [0, 0.1) is 5.92 Å². The summed E-state index contributed by atoms with van der Waals surface area (Å²) in [6.45, 7) is 4.04. The number of aliphatic hydroxyl groups is 1. The van der Waals surface area contributed by atoms with Gasteiger partial charge in [0.05, 0.1) is 13.2 Å². The lowest BCUT2D eigenvalue weighted by Crippen LogP contribution is -2.42. The van der Waals surface area contributed by atoms with E-state index in [-0.39, 0.29) is 18.6 Å².